The monoisotopic (exact) mass is 410 g/mol. The molecule has 1 aromatic heterocycles. The number of piperidine rings is 1. The summed E-state index contributed by atoms with van der Waals surface area (Å²) in [7, 11) is 2.21. The van der Waals surface area contributed by atoms with Crippen molar-refractivity contribution >= 4 is 5.91 Å². The number of benzene rings is 1. The predicted molar refractivity (Wildman–Crippen MR) is 117 cm³/mol. The number of nitrogens with zero attached hydrogens (tertiary/aromatic N) is 4. The average Bonchev–Trinajstić information content (AvgIpc) is 3.25. The molecule has 0 saturated carbocycles. The van der Waals surface area contributed by atoms with E-state index in [0.29, 0.717) is 12.0 Å². The molecule has 1 fully saturated rings. The molecular formula is C24H34N4O2. The molecule has 6 heteroatoms. The quantitative estimate of drug-likeness (QED) is 0.763. The highest BCUT2D eigenvalue weighted by Gasteiger charge is 2.36. The van der Waals surface area contributed by atoms with Gasteiger partial charge < -0.3 is 14.5 Å². The van der Waals surface area contributed by atoms with Crippen LogP contribution in [-0.2, 0) is 17.8 Å². The first-order chi connectivity index (χ1) is 14.6. The molecular weight excluding hydrogens is 376 g/mol. The minimum atomic E-state index is 0.181. The lowest BCUT2D eigenvalue weighted by Crippen LogP contribution is -2.48. The van der Waals surface area contributed by atoms with Crippen molar-refractivity contribution in [3.63, 3.8) is 0 Å². The summed E-state index contributed by atoms with van der Waals surface area (Å²) >= 11 is 0. The van der Waals surface area contributed by atoms with Crippen molar-refractivity contribution in [2.75, 3.05) is 39.8 Å². The molecule has 1 saturated heterocycles. The van der Waals surface area contributed by atoms with Gasteiger partial charge in [-0.05, 0) is 62.3 Å². The highest BCUT2D eigenvalue weighted by atomic mass is 16.5. The number of hydrogen-bond donors (Lipinski definition) is 0. The van der Waals surface area contributed by atoms with Gasteiger partial charge in [-0.2, -0.15) is 5.10 Å². The molecule has 4 rings (SSSR count). The Labute approximate surface area is 179 Å². The SMILES string of the molecule is CN1CCOc2ccccc2CCCCC2(CCN(C(=O)Cn3cccn3)CC2)C1. The first kappa shape index (κ1) is 20.9. The summed E-state index contributed by atoms with van der Waals surface area (Å²) in [5.41, 5.74) is 1.63. The second-order valence-electron chi connectivity index (χ2n) is 8.99. The van der Waals surface area contributed by atoms with E-state index in [4.69, 9.17) is 4.74 Å². The number of hydrogen-bond acceptors (Lipinski definition) is 4. The molecule has 2 aliphatic rings. The standard InChI is InChI=1S/C24H34N4O2/c1-26-17-18-30-22-9-3-2-7-21(22)8-4-5-10-24(20-26)11-15-27(16-12-24)23(29)19-28-14-6-13-25-28/h2-3,6-7,9,13-14H,4-5,8,10-12,15-20H2,1H3. The summed E-state index contributed by atoms with van der Waals surface area (Å²) in [5.74, 6) is 1.23. The van der Waals surface area contributed by atoms with Crippen LogP contribution < -0.4 is 4.74 Å². The van der Waals surface area contributed by atoms with Crippen LogP contribution in [0.15, 0.2) is 42.7 Å². The second-order valence-corrected chi connectivity index (χ2v) is 8.99. The summed E-state index contributed by atoms with van der Waals surface area (Å²) in [6, 6.07) is 10.3. The first-order valence-corrected chi connectivity index (χ1v) is 11.3. The van der Waals surface area contributed by atoms with Gasteiger partial charge in [-0.1, -0.05) is 24.6 Å². The molecule has 2 aliphatic heterocycles. The van der Waals surface area contributed by atoms with Crippen molar-refractivity contribution in [3.05, 3.63) is 48.3 Å². The van der Waals surface area contributed by atoms with Crippen molar-refractivity contribution in [2.45, 2.75) is 45.1 Å². The van der Waals surface area contributed by atoms with Gasteiger partial charge in [-0.15, -0.1) is 0 Å². The van der Waals surface area contributed by atoms with Crippen molar-refractivity contribution in [1.29, 1.82) is 0 Å². The second kappa shape index (κ2) is 9.65. The molecule has 0 bridgehead atoms. The van der Waals surface area contributed by atoms with Gasteiger partial charge in [-0.3, -0.25) is 9.48 Å². The Hall–Kier alpha value is -2.34. The topological polar surface area (TPSA) is 50.6 Å². The fourth-order valence-electron chi connectivity index (χ4n) is 4.98. The van der Waals surface area contributed by atoms with Gasteiger partial charge in [0.25, 0.3) is 0 Å². The maximum Gasteiger partial charge on any atom is 0.244 e. The summed E-state index contributed by atoms with van der Waals surface area (Å²) in [6.07, 6.45) is 10.5. The molecule has 0 unspecified atom stereocenters. The van der Waals surface area contributed by atoms with Crippen LogP contribution in [0.25, 0.3) is 0 Å². The van der Waals surface area contributed by atoms with Gasteiger partial charge in [0.2, 0.25) is 5.91 Å². The van der Waals surface area contributed by atoms with Crippen LogP contribution in [0.5, 0.6) is 5.75 Å². The number of carbonyl (C=O) groups excluding carboxylic acids is 1. The van der Waals surface area contributed by atoms with E-state index in [0.717, 1.165) is 57.8 Å². The van der Waals surface area contributed by atoms with Gasteiger partial charge in [0, 0.05) is 38.6 Å². The van der Waals surface area contributed by atoms with Crippen LogP contribution in [0.1, 0.15) is 37.7 Å². The highest BCUT2D eigenvalue weighted by molar-refractivity contribution is 5.76. The van der Waals surface area contributed by atoms with Gasteiger partial charge in [0.1, 0.15) is 18.9 Å². The third kappa shape index (κ3) is 5.22. The summed E-state index contributed by atoms with van der Waals surface area (Å²) in [4.78, 5) is 17.1. The number of likely N-dealkylation sites (N-methyl/N-ethyl adjacent to an activating group) is 1. The van der Waals surface area contributed by atoms with E-state index in [2.05, 4.69) is 41.3 Å². The lowest BCUT2D eigenvalue weighted by atomic mass is 9.73. The van der Waals surface area contributed by atoms with Crippen molar-refractivity contribution in [3.8, 4) is 5.75 Å². The van der Waals surface area contributed by atoms with Gasteiger partial charge in [0.05, 0.1) is 0 Å². The Balaban J connectivity index is 1.37. The van der Waals surface area contributed by atoms with Gasteiger partial charge in [-0.25, -0.2) is 0 Å². The van der Waals surface area contributed by atoms with Gasteiger partial charge in [0.15, 0.2) is 0 Å². The zero-order valence-corrected chi connectivity index (χ0v) is 18.1. The van der Waals surface area contributed by atoms with E-state index < -0.39 is 0 Å². The molecule has 1 spiro atoms. The van der Waals surface area contributed by atoms with Crippen molar-refractivity contribution in [1.82, 2.24) is 19.6 Å². The molecule has 0 aliphatic carbocycles. The summed E-state index contributed by atoms with van der Waals surface area (Å²) in [5, 5.41) is 4.17. The maximum atomic E-state index is 12.7. The number of aromatic nitrogens is 2. The Morgan fingerprint density at radius 1 is 1.10 bits per heavy atom. The Morgan fingerprint density at radius 2 is 1.93 bits per heavy atom. The summed E-state index contributed by atoms with van der Waals surface area (Å²) in [6.45, 7) is 4.78. The fourth-order valence-corrected chi connectivity index (χ4v) is 4.98. The van der Waals surface area contributed by atoms with Crippen LogP contribution >= 0.6 is 0 Å². The van der Waals surface area contributed by atoms with E-state index >= 15 is 0 Å². The third-order valence-electron chi connectivity index (χ3n) is 6.74. The predicted octanol–water partition coefficient (Wildman–Crippen LogP) is 3.23. The maximum absolute atomic E-state index is 12.7. The average molecular weight is 411 g/mol. The van der Waals surface area contributed by atoms with Crippen molar-refractivity contribution in [2.24, 2.45) is 5.41 Å². The third-order valence-corrected chi connectivity index (χ3v) is 6.74. The van der Waals surface area contributed by atoms with Crippen LogP contribution in [0, 0.1) is 5.41 Å². The number of carbonyl (C=O) groups is 1. The number of fused-ring (bicyclic) bond motifs is 1. The largest absolute Gasteiger partial charge is 0.492 e. The van der Waals surface area contributed by atoms with E-state index in [9.17, 15) is 4.79 Å². The molecule has 162 valence electrons. The van der Waals surface area contributed by atoms with E-state index in [1.54, 1.807) is 10.9 Å². The van der Waals surface area contributed by atoms with Crippen molar-refractivity contribution < 1.29 is 9.53 Å². The molecule has 0 N–H and O–H groups in total. The Morgan fingerprint density at radius 3 is 2.73 bits per heavy atom. The minimum absolute atomic E-state index is 0.181. The molecule has 6 nitrogen and oxygen atoms in total. The lowest BCUT2D eigenvalue weighted by molar-refractivity contribution is -0.134. The normalized spacial score (nSPS) is 20.6. The summed E-state index contributed by atoms with van der Waals surface area (Å²) < 4.78 is 7.82. The van der Waals surface area contributed by atoms with Gasteiger partial charge >= 0.3 is 0 Å². The molecule has 0 atom stereocenters. The zero-order chi connectivity index (χ0) is 20.8. The number of likely N-dealkylation sites (tertiary alicyclic amines) is 1. The molecule has 3 heterocycles. The number of ether oxygens (including phenoxy) is 1. The zero-order valence-electron chi connectivity index (χ0n) is 18.1. The number of para-hydroxylation sites is 1. The molecule has 1 amide bonds. The van der Waals surface area contributed by atoms with Crippen LogP contribution in [0.2, 0.25) is 0 Å². The molecule has 2 aromatic rings. The fraction of sp³-hybridized carbons (Fsp3) is 0.583. The Kier molecular flexibility index (Phi) is 6.72. The molecule has 30 heavy (non-hydrogen) atoms. The van der Waals surface area contributed by atoms with Crippen LogP contribution in [-0.4, -0.2) is 65.3 Å². The molecule has 1 aromatic carbocycles. The lowest BCUT2D eigenvalue weighted by Gasteiger charge is -2.44. The van der Waals surface area contributed by atoms with E-state index in [1.165, 1.54) is 24.8 Å². The van der Waals surface area contributed by atoms with E-state index in [-0.39, 0.29) is 5.91 Å². The number of rotatable bonds is 2. The van der Waals surface area contributed by atoms with Crippen LogP contribution in [0.4, 0.5) is 0 Å². The van der Waals surface area contributed by atoms with Crippen LogP contribution in [0.3, 0.4) is 0 Å². The smallest absolute Gasteiger partial charge is 0.244 e. The highest BCUT2D eigenvalue weighted by Crippen LogP contribution is 2.38. The molecule has 0 radical (unpaired) electrons. The first-order valence-electron chi connectivity index (χ1n) is 11.3. The van der Waals surface area contributed by atoms with E-state index in [1.807, 2.05) is 17.2 Å². The number of aryl methyl sites for hydroxylation is 1. The minimum Gasteiger partial charge on any atom is -0.492 e. The number of amides is 1. The Bertz CT molecular complexity index is 812.